The molecule has 3 heterocycles. The molecule has 134 valence electrons. The summed E-state index contributed by atoms with van der Waals surface area (Å²) in [6.45, 7) is 0.408. The van der Waals surface area contributed by atoms with Gasteiger partial charge in [0.15, 0.2) is 5.69 Å². The van der Waals surface area contributed by atoms with Crippen LogP contribution in [-0.4, -0.2) is 37.8 Å². The molecule has 10 nitrogen and oxygen atoms in total. The summed E-state index contributed by atoms with van der Waals surface area (Å²) >= 11 is 0. The summed E-state index contributed by atoms with van der Waals surface area (Å²) in [5, 5.41) is 16.0. The van der Waals surface area contributed by atoms with Crippen molar-refractivity contribution in [2.75, 3.05) is 17.3 Å². The summed E-state index contributed by atoms with van der Waals surface area (Å²) in [5.74, 6) is -1.27. The number of rotatable bonds is 5. The highest BCUT2D eigenvalue weighted by molar-refractivity contribution is 6.04. The quantitative estimate of drug-likeness (QED) is 0.686. The zero-order valence-electron chi connectivity index (χ0n) is 14.1. The number of amides is 1. The maximum absolute atomic E-state index is 12.3. The molecule has 2 N–H and O–H groups in total. The Kier molecular flexibility index (Phi) is 4.65. The average Bonchev–Trinajstić information content (AvgIpc) is 3.13. The Balaban J connectivity index is 1.94. The lowest BCUT2D eigenvalue weighted by Crippen LogP contribution is -2.31. The van der Waals surface area contributed by atoms with Gasteiger partial charge in [-0.1, -0.05) is 11.2 Å². The fraction of sp³-hybridized carbons (Fsp3) is 0.188. The van der Waals surface area contributed by atoms with Crippen LogP contribution in [0.2, 0.25) is 0 Å². The molecule has 0 aliphatic heterocycles. The van der Waals surface area contributed by atoms with Crippen molar-refractivity contribution in [1.82, 2.24) is 19.7 Å². The minimum Gasteiger partial charge on any atom is -0.501 e. The third-order valence-electron chi connectivity index (χ3n) is 3.63. The Morgan fingerprint density at radius 1 is 1.42 bits per heavy atom. The van der Waals surface area contributed by atoms with Crippen molar-refractivity contribution in [3.63, 3.8) is 0 Å². The van der Waals surface area contributed by atoms with Crippen LogP contribution in [-0.2, 0) is 13.6 Å². The average molecular weight is 356 g/mol. The summed E-state index contributed by atoms with van der Waals surface area (Å²) in [7, 11) is 3.18. The van der Waals surface area contributed by atoms with Gasteiger partial charge in [0, 0.05) is 33.0 Å². The monoisotopic (exact) mass is 356 g/mol. The van der Waals surface area contributed by atoms with E-state index in [0.717, 1.165) is 5.56 Å². The van der Waals surface area contributed by atoms with Crippen molar-refractivity contribution in [1.29, 1.82) is 0 Å². The number of nitrogens with zero attached hydrogens (tertiary/aromatic N) is 5. The number of aromatic hydroxyl groups is 1. The molecule has 0 saturated heterocycles. The molecule has 3 aromatic heterocycles. The van der Waals surface area contributed by atoms with Gasteiger partial charge in [0.05, 0.1) is 6.20 Å². The van der Waals surface area contributed by atoms with Crippen LogP contribution in [0.4, 0.5) is 11.6 Å². The standard InChI is InChI=1S/C16H16N6O4/c1-21(8-10-4-3-5-17-6-10)16-20-12(13(23)15(25)22(16)2)14(24)19-11-7-18-26-9-11/h3-7,9,23H,8H2,1-2H3,(H,19,24). The number of carbonyl (C=O) groups excluding carboxylic acids is 1. The van der Waals surface area contributed by atoms with Gasteiger partial charge in [-0.05, 0) is 11.6 Å². The van der Waals surface area contributed by atoms with E-state index in [0.29, 0.717) is 6.54 Å². The predicted octanol–water partition coefficient (Wildman–Crippen LogP) is 0.758. The molecule has 0 spiro atoms. The van der Waals surface area contributed by atoms with Gasteiger partial charge in [0.1, 0.15) is 12.0 Å². The maximum atomic E-state index is 12.3. The first kappa shape index (κ1) is 17.1. The summed E-state index contributed by atoms with van der Waals surface area (Å²) < 4.78 is 5.79. The van der Waals surface area contributed by atoms with Crippen molar-refractivity contribution in [2.45, 2.75) is 6.54 Å². The topological polar surface area (TPSA) is 126 Å². The van der Waals surface area contributed by atoms with E-state index in [-0.39, 0.29) is 17.3 Å². The lowest BCUT2D eigenvalue weighted by Gasteiger charge is -2.21. The van der Waals surface area contributed by atoms with Gasteiger partial charge in [0.2, 0.25) is 11.7 Å². The van der Waals surface area contributed by atoms with Crippen molar-refractivity contribution in [3.05, 3.63) is 58.6 Å². The summed E-state index contributed by atoms with van der Waals surface area (Å²) in [6.07, 6.45) is 5.84. The van der Waals surface area contributed by atoms with Gasteiger partial charge in [-0.2, -0.15) is 0 Å². The van der Waals surface area contributed by atoms with E-state index in [1.807, 2.05) is 6.07 Å². The van der Waals surface area contributed by atoms with Gasteiger partial charge < -0.3 is 19.8 Å². The second kappa shape index (κ2) is 7.05. The molecule has 26 heavy (non-hydrogen) atoms. The Morgan fingerprint density at radius 2 is 2.23 bits per heavy atom. The minimum absolute atomic E-state index is 0.215. The largest absolute Gasteiger partial charge is 0.501 e. The smallest absolute Gasteiger partial charge is 0.297 e. The molecule has 0 bridgehead atoms. The van der Waals surface area contributed by atoms with Crippen LogP contribution in [0, 0.1) is 0 Å². The SMILES string of the molecule is CN(Cc1cccnc1)c1nc(C(=O)Nc2cnoc2)c(O)c(=O)n1C. The number of aromatic nitrogens is 4. The Morgan fingerprint density at radius 3 is 2.88 bits per heavy atom. The fourth-order valence-corrected chi connectivity index (χ4v) is 2.37. The van der Waals surface area contributed by atoms with Gasteiger partial charge in [0.25, 0.3) is 11.5 Å². The van der Waals surface area contributed by atoms with Crippen LogP contribution in [0.15, 0.2) is 46.3 Å². The molecule has 0 radical (unpaired) electrons. The lowest BCUT2D eigenvalue weighted by atomic mass is 10.3. The molecule has 0 aliphatic carbocycles. The van der Waals surface area contributed by atoms with E-state index in [9.17, 15) is 14.7 Å². The molecule has 3 aromatic rings. The van der Waals surface area contributed by atoms with Gasteiger partial charge in [-0.15, -0.1) is 0 Å². The molecule has 1 amide bonds. The first-order valence-electron chi connectivity index (χ1n) is 7.58. The molecule has 0 aromatic carbocycles. The zero-order valence-corrected chi connectivity index (χ0v) is 14.1. The fourth-order valence-electron chi connectivity index (χ4n) is 2.37. The number of hydrogen-bond acceptors (Lipinski definition) is 8. The van der Waals surface area contributed by atoms with Crippen molar-refractivity contribution >= 4 is 17.5 Å². The first-order chi connectivity index (χ1) is 12.5. The van der Waals surface area contributed by atoms with Crippen LogP contribution in [0.5, 0.6) is 5.75 Å². The summed E-state index contributed by atoms with van der Waals surface area (Å²) in [5.41, 5.74) is 0.0563. The van der Waals surface area contributed by atoms with Gasteiger partial charge in [-0.25, -0.2) is 4.98 Å². The zero-order chi connectivity index (χ0) is 18.7. The number of pyridine rings is 1. The second-order valence-electron chi connectivity index (χ2n) is 5.56. The van der Waals surface area contributed by atoms with Crippen LogP contribution < -0.4 is 15.8 Å². The molecule has 0 fully saturated rings. The molecular weight excluding hydrogens is 340 g/mol. The van der Waals surface area contributed by atoms with Gasteiger partial charge >= 0.3 is 0 Å². The number of anilines is 2. The predicted molar refractivity (Wildman–Crippen MR) is 91.9 cm³/mol. The van der Waals surface area contributed by atoms with E-state index in [1.165, 1.54) is 24.1 Å². The molecule has 0 unspecified atom stereocenters. The van der Waals surface area contributed by atoms with E-state index in [4.69, 9.17) is 0 Å². The van der Waals surface area contributed by atoms with Crippen LogP contribution in [0.3, 0.4) is 0 Å². The molecule has 0 aliphatic rings. The highest BCUT2D eigenvalue weighted by Crippen LogP contribution is 2.17. The Hall–Kier alpha value is -3.69. The second-order valence-corrected chi connectivity index (χ2v) is 5.56. The molecule has 10 heteroatoms. The summed E-state index contributed by atoms with van der Waals surface area (Å²) in [6, 6.07) is 3.67. The molecule has 0 atom stereocenters. The molecule has 0 saturated carbocycles. The Labute approximate surface area is 147 Å². The number of nitrogens with one attached hydrogen (secondary N) is 1. The highest BCUT2D eigenvalue weighted by atomic mass is 16.5. The maximum Gasteiger partial charge on any atom is 0.297 e. The van der Waals surface area contributed by atoms with E-state index < -0.39 is 17.2 Å². The summed E-state index contributed by atoms with van der Waals surface area (Å²) in [4.78, 5) is 34.5. The molecule has 3 rings (SSSR count). The van der Waals surface area contributed by atoms with Crippen molar-refractivity contribution < 1.29 is 14.4 Å². The minimum atomic E-state index is -0.751. The molecular formula is C16H16N6O4. The highest BCUT2D eigenvalue weighted by Gasteiger charge is 2.22. The van der Waals surface area contributed by atoms with Crippen LogP contribution in [0.1, 0.15) is 16.1 Å². The van der Waals surface area contributed by atoms with E-state index in [1.54, 1.807) is 30.4 Å². The van der Waals surface area contributed by atoms with Crippen molar-refractivity contribution in [3.8, 4) is 5.75 Å². The number of carbonyl (C=O) groups is 1. The van der Waals surface area contributed by atoms with E-state index >= 15 is 0 Å². The lowest BCUT2D eigenvalue weighted by molar-refractivity contribution is 0.101. The number of hydrogen-bond donors (Lipinski definition) is 2. The Bertz CT molecular complexity index is 968. The van der Waals surface area contributed by atoms with Crippen molar-refractivity contribution in [2.24, 2.45) is 7.05 Å². The first-order valence-corrected chi connectivity index (χ1v) is 7.58. The van der Waals surface area contributed by atoms with E-state index in [2.05, 4.69) is 25.0 Å². The van der Waals surface area contributed by atoms with Gasteiger partial charge in [-0.3, -0.25) is 19.1 Å². The van der Waals surface area contributed by atoms with Crippen LogP contribution >= 0.6 is 0 Å². The third kappa shape index (κ3) is 3.38. The third-order valence-corrected chi connectivity index (χ3v) is 3.63. The van der Waals surface area contributed by atoms with Crippen LogP contribution in [0.25, 0.3) is 0 Å². The normalized spacial score (nSPS) is 10.5.